The third-order valence-corrected chi connectivity index (χ3v) is 4.77. The summed E-state index contributed by atoms with van der Waals surface area (Å²) in [5.41, 5.74) is 2.12. The fourth-order valence-electron chi connectivity index (χ4n) is 3.38. The molecule has 0 radical (unpaired) electrons. The van der Waals surface area contributed by atoms with Crippen molar-refractivity contribution in [2.24, 2.45) is 5.92 Å². The number of nitriles is 1. The maximum absolute atomic E-state index is 12.1. The molecule has 3 rings (SSSR count). The molecule has 1 amide bonds. The molecule has 1 aliphatic rings. The number of benzene rings is 2. The van der Waals surface area contributed by atoms with E-state index in [1.54, 1.807) is 12.1 Å². The first-order chi connectivity index (χ1) is 14.2. The van der Waals surface area contributed by atoms with Gasteiger partial charge >= 0.3 is 57.4 Å². The van der Waals surface area contributed by atoms with Crippen LogP contribution in [0.4, 0.5) is 0 Å². The average molecular weight is 447 g/mol. The van der Waals surface area contributed by atoms with Crippen LogP contribution in [0.25, 0.3) is 11.1 Å². The van der Waals surface area contributed by atoms with Crippen LogP contribution in [-0.4, -0.2) is 81.5 Å². The third-order valence-electron chi connectivity index (χ3n) is 4.77. The summed E-state index contributed by atoms with van der Waals surface area (Å²) in [5.74, 6) is -0.169. The molecule has 2 aromatic rings. The Morgan fingerprint density at radius 3 is 2.23 bits per heavy atom. The summed E-state index contributed by atoms with van der Waals surface area (Å²) in [6, 6.07) is 17.0. The molecule has 2 aromatic carbocycles. The average Bonchev–Trinajstić information content (AvgIpc) is 3.04. The Bertz CT molecular complexity index is 944. The molecule has 0 bridgehead atoms. The number of amides is 1. The predicted molar refractivity (Wildman–Crippen MR) is 120 cm³/mol. The fourth-order valence-corrected chi connectivity index (χ4v) is 3.38. The van der Waals surface area contributed by atoms with E-state index < -0.39 is 5.60 Å². The van der Waals surface area contributed by atoms with Crippen molar-refractivity contribution in [3.8, 4) is 22.9 Å². The standard InChI is InChI=1S/C24H26N2O4.K.H/c1-24(2,3)30-22(27)13-19-12-20(26-23(19)28)15-29-21-10-8-18(9-11-21)17-6-4-16(14-25)5-7-17;;/h4-11,19-20H,12-13,15H2,1-3H3,(H,26,28);;/t19-,20-;;/m0../s1. The van der Waals surface area contributed by atoms with Gasteiger partial charge in [-0.25, -0.2) is 0 Å². The van der Waals surface area contributed by atoms with E-state index in [1.165, 1.54) is 0 Å². The van der Waals surface area contributed by atoms with E-state index in [4.69, 9.17) is 14.7 Å². The molecular weight excluding hydrogens is 419 g/mol. The second kappa shape index (κ2) is 11.3. The second-order valence-corrected chi connectivity index (χ2v) is 8.45. The SMILES string of the molecule is CC(C)(C)OC(=O)C[C@@H]1C[C@@H](COc2ccc(-c3ccc(C#N)cc3)cc2)NC1=O.[KH]. The van der Waals surface area contributed by atoms with Gasteiger partial charge < -0.3 is 14.8 Å². The number of carbonyl (C=O) groups excluding carboxylic acids is 2. The van der Waals surface area contributed by atoms with Gasteiger partial charge in [-0.05, 0) is 62.6 Å². The minimum absolute atomic E-state index is 0. The fraction of sp³-hybridized carbons (Fsp3) is 0.375. The summed E-state index contributed by atoms with van der Waals surface area (Å²) in [6.45, 7) is 5.77. The van der Waals surface area contributed by atoms with Gasteiger partial charge in [0.1, 0.15) is 18.0 Å². The van der Waals surface area contributed by atoms with Gasteiger partial charge in [0, 0.05) is 0 Å². The molecule has 0 spiro atoms. The Kier molecular flexibility index (Phi) is 9.28. The number of ether oxygens (including phenoxy) is 2. The molecule has 0 unspecified atom stereocenters. The number of nitrogens with zero attached hydrogens (tertiary/aromatic N) is 1. The Morgan fingerprint density at radius 1 is 1.10 bits per heavy atom. The molecule has 1 fully saturated rings. The molecule has 0 aromatic heterocycles. The summed E-state index contributed by atoms with van der Waals surface area (Å²) >= 11 is 0. The van der Waals surface area contributed by atoms with Crippen LogP contribution in [0.2, 0.25) is 0 Å². The molecule has 158 valence electrons. The second-order valence-electron chi connectivity index (χ2n) is 8.45. The van der Waals surface area contributed by atoms with Gasteiger partial charge in [-0.2, -0.15) is 5.26 Å². The zero-order valence-corrected chi connectivity index (χ0v) is 17.5. The van der Waals surface area contributed by atoms with E-state index in [2.05, 4.69) is 11.4 Å². The van der Waals surface area contributed by atoms with Crippen LogP contribution < -0.4 is 10.1 Å². The molecule has 7 heteroatoms. The van der Waals surface area contributed by atoms with Gasteiger partial charge in [-0.15, -0.1) is 0 Å². The summed E-state index contributed by atoms with van der Waals surface area (Å²) < 4.78 is 11.1. The van der Waals surface area contributed by atoms with Gasteiger partial charge in [0.25, 0.3) is 0 Å². The quantitative estimate of drug-likeness (QED) is 0.544. The van der Waals surface area contributed by atoms with Crippen molar-refractivity contribution in [3.05, 3.63) is 54.1 Å². The molecule has 1 N–H and O–H groups in total. The van der Waals surface area contributed by atoms with Crippen LogP contribution in [0.1, 0.15) is 39.2 Å². The predicted octanol–water partition coefficient (Wildman–Crippen LogP) is 3.19. The zero-order valence-electron chi connectivity index (χ0n) is 17.5. The molecule has 6 nitrogen and oxygen atoms in total. The van der Waals surface area contributed by atoms with Gasteiger partial charge in [0.15, 0.2) is 0 Å². The van der Waals surface area contributed by atoms with E-state index in [0.29, 0.717) is 24.3 Å². The zero-order chi connectivity index (χ0) is 21.7. The van der Waals surface area contributed by atoms with Crippen molar-refractivity contribution < 1.29 is 19.1 Å². The van der Waals surface area contributed by atoms with Crippen LogP contribution >= 0.6 is 0 Å². The first-order valence-corrected chi connectivity index (χ1v) is 9.99. The summed E-state index contributed by atoms with van der Waals surface area (Å²) in [7, 11) is 0. The van der Waals surface area contributed by atoms with Crippen molar-refractivity contribution >= 4 is 63.3 Å². The number of hydrogen-bond acceptors (Lipinski definition) is 5. The molecule has 0 aliphatic carbocycles. The Hall–Kier alpha value is -1.69. The van der Waals surface area contributed by atoms with Gasteiger partial charge in [0.2, 0.25) is 5.91 Å². The van der Waals surface area contributed by atoms with Crippen molar-refractivity contribution in [2.75, 3.05) is 6.61 Å². The normalized spacial score (nSPS) is 17.8. The van der Waals surface area contributed by atoms with Gasteiger partial charge in [-0.3, -0.25) is 9.59 Å². The Labute approximate surface area is 225 Å². The first-order valence-electron chi connectivity index (χ1n) is 9.99. The van der Waals surface area contributed by atoms with Crippen LogP contribution in [0, 0.1) is 17.2 Å². The van der Waals surface area contributed by atoms with E-state index in [-0.39, 0.29) is 81.6 Å². The topological polar surface area (TPSA) is 88.4 Å². The number of hydrogen-bond donors (Lipinski definition) is 1. The summed E-state index contributed by atoms with van der Waals surface area (Å²) in [6.07, 6.45) is 0.625. The Balaban J connectivity index is 0.00000341. The molecule has 1 saturated heterocycles. The van der Waals surface area contributed by atoms with Crippen molar-refractivity contribution in [1.82, 2.24) is 5.32 Å². The molecule has 31 heavy (non-hydrogen) atoms. The molecule has 1 aliphatic heterocycles. The molecule has 1 heterocycles. The van der Waals surface area contributed by atoms with E-state index in [1.807, 2.05) is 57.2 Å². The molecule has 0 saturated carbocycles. The summed E-state index contributed by atoms with van der Waals surface area (Å²) in [5, 5.41) is 11.8. The Morgan fingerprint density at radius 2 is 1.68 bits per heavy atom. The van der Waals surface area contributed by atoms with Gasteiger partial charge in [0.05, 0.1) is 30.0 Å². The first kappa shape index (κ1) is 25.6. The number of esters is 1. The number of carbonyl (C=O) groups is 2. The summed E-state index contributed by atoms with van der Waals surface area (Å²) in [4.78, 5) is 24.1. The van der Waals surface area contributed by atoms with Crippen LogP contribution in [0.3, 0.4) is 0 Å². The molecule has 2 atom stereocenters. The van der Waals surface area contributed by atoms with Crippen molar-refractivity contribution in [3.63, 3.8) is 0 Å². The minimum atomic E-state index is -0.557. The van der Waals surface area contributed by atoms with Gasteiger partial charge in [-0.1, -0.05) is 24.3 Å². The van der Waals surface area contributed by atoms with Crippen molar-refractivity contribution in [2.45, 2.75) is 45.3 Å². The van der Waals surface area contributed by atoms with Crippen LogP contribution in [-0.2, 0) is 14.3 Å². The van der Waals surface area contributed by atoms with E-state index in [9.17, 15) is 9.59 Å². The van der Waals surface area contributed by atoms with E-state index >= 15 is 0 Å². The van der Waals surface area contributed by atoms with Crippen molar-refractivity contribution in [1.29, 1.82) is 5.26 Å². The monoisotopic (exact) mass is 446 g/mol. The maximum atomic E-state index is 12.1. The van der Waals surface area contributed by atoms with Crippen LogP contribution in [0.5, 0.6) is 5.75 Å². The van der Waals surface area contributed by atoms with E-state index in [0.717, 1.165) is 11.1 Å². The number of nitrogens with one attached hydrogen (secondary N) is 1. The third kappa shape index (κ3) is 7.74. The molecular formula is C24H27KN2O4. The van der Waals surface area contributed by atoms with Crippen LogP contribution in [0.15, 0.2) is 48.5 Å². The number of rotatable bonds is 6.